The van der Waals surface area contributed by atoms with Crippen LogP contribution < -0.4 is 10.5 Å². The van der Waals surface area contributed by atoms with Gasteiger partial charge >= 0.3 is 0 Å². The smallest absolute Gasteiger partial charge is 0.249 e. The topological polar surface area (TPSA) is 57.2 Å². The lowest BCUT2D eigenvalue weighted by atomic mass is 10.0. The van der Waals surface area contributed by atoms with Gasteiger partial charge in [0.05, 0.1) is 24.2 Å². The summed E-state index contributed by atoms with van der Waals surface area (Å²) in [6.07, 6.45) is 3.30. The fourth-order valence-electron chi connectivity index (χ4n) is 4.10. The van der Waals surface area contributed by atoms with E-state index in [-0.39, 0.29) is 0 Å². The lowest BCUT2D eigenvalue weighted by Gasteiger charge is -2.13. The van der Waals surface area contributed by atoms with Crippen molar-refractivity contribution < 1.29 is 9.53 Å². The molecule has 0 aliphatic rings. The van der Waals surface area contributed by atoms with E-state index in [1.165, 1.54) is 5.56 Å². The van der Waals surface area contributed by atoms with Crippen LogP contribution in [0.5, 0.6) is 5.75 Å². The van der Waals surface area contributed by atoms with Crippen LogP contribution in [0.2, 0.25) is 0 Å². The van der Waals surface area contributed by atoms with Gasteiger partial charge in [-0.1, -0.05) is 43.7 Å². The summed E-state index contributed by atoms with van der Waals surface area (Å²) in [6, 6.07) is 21.6. The molecule has 153 valence electrons. The average Bonchev–Trinajstić information content (AvgIpc) is 3.07. The maximum atomic E-state index is 12.2. The first-order valence-electron chi connectivity index (χ1n) is 10.6. The molecule has 0 fully saturated rings. The van der Waals surface area contributed by atoms with Gasteiger partial charge in [-0.3, -0.25) is 4.79 Å². The number of carbonyl (C=O) groups excluding carboxylic acids is 1. The van der Waals surface area contributed by atoms with Gasteiger partial charge in [0.2, 0.25) is 5.91 Å². The van der Waals surface area contributed by atoms with Crippen LogP contribution in [0.3, 0.4) is 0 Å². The van der Waals surface area contributed by atoms with Crippen LogP contribution in [0.4, 0.5) is 0 Å². The predicted molar refractivity (Wildman–Crippen MR) is 122 cm³/mol. The zero-order valence-corrected chi connectivity index (χ0v) is 17.6. The summed E-state index contributed by atoms with van der Waals surface area (Å²) in [4.78, 5) is 12.2. The molecule has 4 aromatic rings. The van der Waals surface area contributed by atoms with E-state index >= 15 is 0 Å². The zero-order valence-electron chi connectivity index (χ0n) is 17.6. The fourth-order valence-corrected chi connectivity index (χ4v) is 4.10. The van der Waals surface area contributed by atoms with Gasteiger partial charge in [-0.05, 0) is 55.7 Å². The van der Waals surface area contributed by atoms with E-state index in [0.717, 1.165) is 52.4 Å². The van der Waals surface area contributed by atoms with Crippen LogP contribution in [0, 0.1) is 6.07 Å². The molecule has 2 N–H and O–H groups in total. The van der Waals surface area contributed by atoms with Crippen LogP contribution in [0.1, 0.15) is 48.2 Å². The number of carbonyl (C=O) groups is 1. The van der Waals surface area contributed by atoms with Gasteiger partial charge in [-0.2, -0.15) is 0 Å². The molecule has 1 amide bonds. The largest absolute Gasteiger partial charge is 0.494 e. The molecule has 0 aliphatic heterocycles. The molecule has 0 saturated carbocycles. The number of benzene rings is 3. The molecule has 1 heterocycles. The van der Waals surface area contributed by atoms with Crippen molar-refractivity contribution in [3.05, 3.63) is 77.4 Å². The van der Waals surface area contributed by atoms with Gasteiger partial charge in [-0.15, -0.1) is 0 Å². The molecule has 0 aliphatic carbocycles. The zero-order chi connectivity index (χ0) is 21.1. The number of unbranched alkanes of at least 4 members (excludes halogenated alkanes) is 1. The number of nitrogens with two attached hydrogens (primary N) is 1. The number of ether oxygens (including phenoxy) is 1. The Kier molecular flexibility index (Phi) is 5.75. The average molecular weight is 400 g/mol. The van der Waals surface area contributed by atoms with Crippen molar-refractivity contribution in [2.45, 2.75) is 39.7 Å². The minimum atomic E-state index is -0.419. The second-order valence-corrected chi connectivity index (χ2v) is 7.56. The number of fused-ring (bicyclic) bond motifs is 3. The molecular weight excluding hydrogens is 372 g/mol. The highest BCUT2D eigenvalue weighted by atomic mass is 16.5. The third-order valence-electron chi connectivity index (χ3n) is 5.54. The van der Waals surface area contributed by atoms with Crippen molar-refractivity contribution in [2.75, 3.05) is 6.61 Å². The monoisotopic (exact) mass is 399 g/mol. The van der Waals surface area contributed by atoms with E-state index in [2.05, 4.69) is 29.7 Å². The SMILES string of the molecule is CCCCc1c[c]c2c3c(C(N)=O)cccc3n(Cc3ccccc3OCC)c2c1. The van der Waals surface area contributed by atoms with E-state index in [1.54, 1.807) is 6.07 Å². The quantitative estimate of drug-likeness (QED) is 0.426. The van der Waals surface area contributed by atoms with E-state index in [0.29, 0.717) is 18.7 Å². The Bertz CT molecular complexity index is 1210. The lowest BCUT2D eigenvalue weighted by Crippen LogP contribution is -2.11. The van der Waals surface area contributed by atoms with Gasteiger partial charge in [-0.25, -0.2) is 0 Å². The van der Waals surface area contributed by atoms with Crippen LogP contribution in [-0.2, 0) is 13.0 Å². The molecule has 0 spiro atoms. The number of para-hydroxylation sites is 1. The van der Waals surface area contributed by atoms with Crippen molar-refractivity contribution in [3.63, 3.8) is 0 Å². The van der Waals surface area contributed by atoms with Gasteiger partial charge in [0.1, 0.15) is 5.75 Å². The molecule has 0 saturated heterocycles. The molecule has 1 radical (unpaired) electrons. The van der Waals surface area contributed by atoms with Crippen molar-refractivity contribution in [1.82, 2.24) is 4.57 Å². The normalized spacial score (nSPS) is 11.3. The maximum Gasteiger partial charge on any atom is 0.249 e. The Morgan fingerprint density at radius 2 is 1.93 bits per heavy atom. The number of hydrogen-bond donors (Lipinski definition) is 1. The van der Waals surface area contributed by atoms with Gasteiger partial charge in [0, 0.05) is 21.9 Å². The molecule has 4 heteroatoms. The fraction of sp³-hybridized carbons (Fsp3) is 0.269. The number of rotatable bonds is 8. The number of aryl methyl sites for hydroxylation is 1. The molecule has 4 rings (SSSR count). The molecular formula is C26H27N2O2. The molecule has 0 atom stereocenters. The highest BCUT2D eigenvalue weighted by Crippen LogP contribution is 2.34. The molecule has 1 aromatic heterocycles. The third-order valence-corrected chi connectivity index (χ3v) is 5.54. The van der Waals surface area contributed by atoms with E-state index in [1.807, 2.05) is 43.3 Å². The summed E-state index contributed by atoms with van der Waals surface area (Å²) < 4.78 is 8.10. The van der Waals surface area contributed by atoms with Gasteiger partial charge < -0.3 is 15.0 Å². The van der Waals surface area contributed by atoms with E-state index in [4.69, 9.17) is 10.5 Å². The highest BCUT2D eigenvalue weighted by molar-refractivity contribution is 6.17. The first kappa shape index (κ1) is 20.0. The van der Waals surface area contributed by atoms with Crippen LogP contribution >= 0.6 is 0 Å². The number of amides is 1. The van der Waals surface area contributed by atoms with E-state index < -0.39 is 5.91 Å². The van der Waals surface area contributed by atoms with E-state index in [9.17, 15) is 4.79 Å². The minimum absolute atomic E-state index is 0.419. The molecule has 3 aromatic carbocycles. The van der Waals surface area contributed by atoms with Crippen molar-refractivity contribution in [3.8, 4) is 5.75 Å². The number of hydrogen-bond acceptors (Lipinski definition) is 2. The Morgan fingerprint density at radius 1 is 1.10 bits per heavy atom. The summed E-state index contributed by atoms with van der Waals surface area (Å²) in [5, 5.41) is 1.81. The number of primary amides is 1. The first-order valence-corrected chi connectivity index (χ1v) is 10.6. The Hall–Kier alpha value is -3.27. The predicted octanol–water partition coefficient (Wildman–Crippen LogP) is 5.48. The highest BCUT2D eigenvalue weighted by Gasteiger charge is 2.18. The van der Waals surface area contributed by atoms with Crippen molar-refractivity contribution in [2.24, 2.45) is 5.73 Å². The second-order valence-electron chi connectivity index (χ2n) is 7.56. The van der Waals surface area contributed by atoms with Gasteiger partial charge in [0.15, 0.2) is 0 Å². The summed E-state index contributed by atoms with van der Waals surface area (Å²) in [5.41, 5.74) is 10.7. The molecule has 30 heavy (non-hydrogen) atoms. The molecule has 0 bridgehead atoms. The van der Waals surface area contributed by atoms with Crippen molar-refractivity contribution >= 4 is 27.7 Å². The summed E-state index contributed by atoms with van der Waals surface area (Å²) in [7, 11) is 0. The Morgan fingerprint density at radius 3 is 2.70 bits per heavy atom. The second kappa shape index (κ2) is 8.62. The van der Waals surface area contributed by atoms with Crippen LogP contribution in [0.15, 0.2) is 54.6 Å². The van der Waals surface area contributed by atoms with Crippen molar-refractivity contribution in [1.29, 1.82) is 0 Å². The lowest BCUT2D eigenvalue weighted by molar-refractivity contribution is 0.100. The minimum Gasteiger partial charge on any atom is -0.494 e. The summed E-state index contributed by atoms with van der Waals surface area (Å²) >= 11 is 0. The standard InChI is InChI=1S/C26H27N2O2/c1-3-5-9-18-14-15-20-23(16-18)28(17-19-10-6-7-13-24(19)30-4-2)22-12-8-11-21(25(20)22)26(27)29/h6-8,10-14,16H,3-5,9,17H2,1-2H3,(H2,27,29). The first-order chi connectivity index (χ1) is 14.6. The Labute approximate surface area is 177 Å². The summed E-state index contributed by atoms with van der Waals surface area (Å²) in [5.74, 6) is 0.463. The summed E-state index contributed by atoms with van der Waals surface area (Å²) in [6.45, 7) is 5.45. The van der Waals surface area contributed by atoms with Crippen LogP contribution in [-0.4, -0.2) is 17.1 Å². The number of aromatic nitrogens is 1. The Balaban J connectivity index is 1.96. The third kappa shape index (κ3) is 3.65. The number of nitrogens with zero attached hydrogens (tertiary/aromatic N) is 1. The molecule has 4 nitrogen and oxygen atoms in total. The maximum absolute atomic E-state index is 12.2. The van der Waals surface area contributed by atoms with Gasteiger partial charge in [0.25, 0.3) is 0 Å². The molecule has 0 unspecified atom stereocenters. The van der Waals surface area contributed by atoms with Crippen LogP contribution in [0.25, 0.3) is 21.8 Å².